The lowest BCUT2D eigenvalue weighted by atomic mass is 10.2. The monoisotopic (exact) mass is 338 g/mol. The van der Waals surface area contributed by atoms with E-state index in [0.717, 1.165) is 21.7 Å². The van der Waals surface area contributed by atoms with Crippen LogP contribution in [0.1, 0.15) is 5.56 Å². The lowest BCUT2D eigenvalue weighted by Crippen LogP contribution is -2.17. The van der Waals surface area contributed by atoms with E-state index in [0.29, 0.717) is 0 Å². The Labute approximate surface area is 124 Å². The molecule has 2 aromatic rings. The molecule has 1 atom stereocenters. The van der Waals surface area contributed by atoms with Crippen molar-refractivity contribution < 1.29 is 4.21 Å². The third-order valence-corrected chi connectivity index (χ3v) is 4.18. The molecule has 1 aromatic heterocycles. The topological polar surface area (TPSA) is 33.2 Å². The van der Waals surface area contributed by atoms with Crippen LogP contribution >= 0.6 is 15.9 Å². The predicted molar refractivity (Wildman–Crippen MR) is 82.8 cm³/mol. The smallest absolute Gasteiger partial charge is 0.128 e. The van der Waals surface area contributed by atoms with Crippen molar-refractivity contribution in [1.82, 2.24) is 4.98 Å². The normalized spacial score (nSPS) is 12.2. The van der Waals surface area contributed by atoms with Gasteiger partial charge in [-0.3, -0.25) is 4.21 Å². The van der Waals surface area contributed by atoms with Gasteiger partial charge in [0.15, 0.2) is 0 Å². The van der Waals surface area contributed by atoms with Gasteiger partial charge in [0.25, 0.3) is 0 Å². The molecule has 0 radical (unpaired) electrons. The van der Waals surface area contributed by atoms with Gasteiger partial charge in [-0.15, -0.1) is 0 Å². The molecular formula is C14H15BrN2OS. The molecule has 100 valence electrons. The number of anilines is 1. The lowest BCUT2D eigenvalue weighted by Gasteiger charge is -2.18. The highest BCUT2D eigenvalue weighted by Gasteiger charge is 2.04. The molecule has 0 bridgehead atoms. The van der Waals surface area contributed by atoms with Gasteiger partial charge in [-0.2, -0.15) is 0 Å². The Morgan fingerprint density at radius 1 is 1.21 bits per heavy atom. The van der Waals surface area contributed by atoms with E-state index in [1.54, 1.807) is 12.5 Å². The molecule has 2 rings (SSSR count). The number of halogens is 1. The molecule has 0 saturated carbocycles. The Kier molecular flexibility index (Phi) is 4.71. The summed E-state index contributed by atoms with van der Waals surface area (Å²) in [6.07, 6.45) is 3.47. The first-order chi connectivity index (χ1) is 9.06. The number of hydrogen-bond donors (Lipinski definition) is 0. The highest BCUT2D eigenvalue weighted by atomic mass is 79.9. The summed E-state index contributed by atoms with van der Waals surface area (Å²) in [6, 6.07) is 11.8. The molecule has 0 aliphatic rings. The fraction of sp³-hybridized carbons (Fsp3) is 0.214. The minimum absolute atomic E-state index is 0.769. The van der Waals surface area contributed by atoms with E-state index < -0.39 is 10.8 Å². The van der Waals surface area contributed by atoms with E-state index in [4.69, 9.17) is 0 Å². The van der Waals surface area contributed by atoms with E-state index in [9.17, 15) is 4.21 Å². The molecule has 0 spiro atoms. The van der Waals surface area contributed by atoms with E-state index >= 15 is 0 Å². The summed E-state index contributed by atoms with van der Waals surface area (Å²) in [5.41, 5.74) is 1.17. The van der Waals surface area contributed by atoms with Crippen molar-refractivity contribution in [2.45, 2.75) is 11.4 Å². The fourth-order valence-corrected chi connectivity index (χ4v) is 2.49. The number of benzene rings is 1. The molecule has 1 aromatic carbocycles. The minimum Gasteiger partial charge on any atom is -0.355 e. The third-order valence-electron chi connectivity index (χ3n) is 2.78. The van der Waals surface area contributed by atoms with Crippen LogP contribution in [-0.2, 0) is 17.3 Å². The summed E-state index contributed by atoms with van der Waals surface area (Å²) in [4.78, 5) is 7.28. The zero-order valence-corrected chi connectivity index (χ0v) is 13.2. The first-order valence-corrected chi connectivity index (χ1v) is 8.16. The average molecular weight is 339 g/mol. The lowest BCUT2D eigenvalue weighted by molar-refractivity contribution is 0.687. The molecule has 0 N–H and O–H groups in total. The summed E-state index contributed by atoms with van der Waals surface area (Å²) in [5, 5.41) is 0. The van der Waals surface area contributed by atoms with Crippen molar-refractivity contribution in [1.29, 1.82) is 0 Å². The van der Waals surface area contributed by atoms with Crippen molar-refractivity contribution in [3.05, 3.63) is 52.6 Å². The van der Waals surface area contributed by atoms with Gasteiger partial charge in [0, 0.05) is 46.2 Å². The molecule has 19 heavy (non-hydrogen) atoms. The van der Waals surface area contributed by atoms with E-state index in [1.165, 1.54) is 5.56 Å². The van der Waals surface area contributed by atoms with Crippen LogP contribution in [0, 0.1) is 0 Å². The summed E-state index contributed by atoms with van der Waals surface area (Å²) >= 11 is 3.37. The van der Waals surface area contributed by atoms with Crippen LogP contribution in [0.5, 0.6) is 0 Å². The van der Waals surface area contributed by atoms with Gasteiger partial charge >= 0.3 is 0 Å². The SMILES string of the molecule is CN(Cc1ccc([S@@](C)=O)cc1)c1ccc(Br)cn1. The molecule has 0 saturated heterocycles. The van der Waals surface area contributed by atoms with Gasteiger partial charge in [0.1, 0.15) is 5.82 Å². The van der Waals surface area contributed by atoms with Crippen molar-refractivity contribution in [2.24, 2.45) is 0 Å². The molecule has 5 heteroatoms. The standard InChI is InChI=1S/C14H15BrN2OS/c1-17(14-8-5-12(15)9-16-14)10-11-3-6-13(7-4-11)19(2)18/h3-9H,10H2,1-2H3/t19-/m1/s1. The van der Waals surface area contributed by atoms with Crippen molar-refractivity contribution in [3.63, 3.8) is 0 Å². The molecule has 0 aliphatic heterocycles. The largest absolute Gasteiger partial charge is 0.355 e. The van der Waals surface area contributed by atoms with E-state index in [2.05, 4.69) is 25.8 Å². The minimum atomic E-state index is -0.920. The number of nitrogens with zero attached hydrogens (tertiary/aromatic N) is 2. The van der Waals surface area contributed by atoms with Crippen LogP contribution < -0.4 is 4.90 Å². The number of aromatic nitrogens is 1. The predicted octanol–water partition coefficient (Wildman–Crippen LogP) is 3.22. The molecular weight excluding hydrogens is 324 g/mol. The van der Waals surface area contributed by atoms with Gasteiger partial charge in [-0.25, -0.2) is 4.98 Å². The van der Waals surface area contributed by atoms with Gasteiger partial charge in [-0.05, 0) is 45.8 Å². The van der Waals surface area contributed by atoms with Gasteiger partial charge in [0.2, 0.25) is 0 Å². The van der Waals surface area contributed by atoms with Crippen molar-refractivity contribution in [3.8, 4) is 0 Å². The summed E-state index contributed by atoms with van der Waals surface area (Å²) in [7, 11) is 1.08. The van der Waals surface area contributed by atoms with Crippen LogP contribution in [-0.4, -0.2) is 22.5 Å². The second kappa shape index (κ2) is 6.30. The molecule has 3 nitrogen and oxygen atoms in total. The van der Waals surface area contributed by atoms with Crippen LogP contribution in [0.25, 0.3) is 0 Å². The second-order valence-corrected chi connectivity index (χ2v) is 6.58. The quantitative estimate of drug-likeness (QED) is 0.858. The molecule has 0 fully saturated rings. The maximum atomic E-state index is 11.3. The highest BCUT2D eigenvalue weighted by molar-refractivity contribution is 9.10. The van der Waals surface area contributed by atoms with Crippen molar-refractivity contribution >= 4 is 32.5 Å². The second-order valence-electron chi connectivity index (χ2n) is 4.29. The third kappa shape index (κ3) is 3.88. The summed E-state index contributed by atoms with van der Waals surface area (Å²) in [6.45, 7) is 0.769. The number of pyridine rings is 1. The summed E-state index contributed by atoms with van der Waals surface area (Å²) in [5.74, 6) is 0.923. The van der Waals surface area contributed by atoms with Gasteiger partial charge < -0.3 is 4.90 Å². The number of hydrogen-bond acceptors (Lipinski definition) is 3. The maximum absolute atomic E-state index is 11.3. The zero-order valence-electron chi connectivity index (χ0n) is 10.8. The average Bonchev–Trinajstić information content (AvgIpc) is 2.40. The zero-order chi connectivity index (χ0) is 13.8. The first kappa shape index (κ1) is 14.2. The Hall–Kier alpha value is -1.20. The van der Waals surface area contributed by atoms with Crippen LogP contribution in [0.15, 0.2) is 52.0 Å². The molecule has 0 unspecified atom stereocenters. The molecule has 1 heterocycles. The number of rotatable bonds is 4. The maximum Gasteiger partial charge on any atom is 0.128 e. The first-order valence-electron chi connectivity index (χ1n) is 5.81. The van der Waals surface area contributed by atoms with Crippen LogP contribution in [0.3, 0.4) is 0 Å². The van der Waals surface area contributed by atoms with Crippen LogP contribution in [0.2, 0.25) is 0 Å². The Morgan fingerprint density at radius 3 is 2.42 bits per heavy atom. The Morgan fingerprint density at radius 2 is 1.89 bits per heavy atom. The van der Waals surface area contributed by atoms with Gasteiger partial charge in [0.05, 0.1) is 0 Å². The Bertz CT molecular complexity index is 569. The van der Waals surface area contributed by atoms with E-state index in [-0.39, 0.29) is 0 Å². The Balaban J connectivity index is 2.08. The van der Waals surface area contributed by atoms with Gasteiger partial charge in [-0.1, -0.05) is 12.1 Å². The van der Waals surface area contributed by atoms with E-state index in [1.807, 2.05) is 43.4 Å². The molecule has 0 aliphatic carbocycles. The van der Waals surface area contributed by atoms with Crippen LogP contribution in [0.4, 0.5) is 5.82 Å². The summed E-state index contributed by atoms with van der Waals surface area (Å²) < 4.78 is 12.3. The molecule has 0 amide bonds. The van der Waals surface area contributed by atoms with Crippen molar-refractivity contribution in [2.75, 3.05) is 18.2 Å². The highest BCUT2D eigenvalue weighted by Crippen LogP contribution is 2.16. The fourth-order valence-electron chi connectivity index (χ4n) is 1.74.